The van der Waals surface area contributed by atoms with Crippen molar-refractivity contribution in [2.24, 2.45) is 11.7 Å². The number of nitrogens with zero attached hydrogens (tertiary/aromatic N) is 1. The number of amides is 1. The molecule has 5 heteroatoms. The molecule has 0 aliphatic carbocycles. The van der Waals surface area contributed by atoms with E-state index in [1.807, 2.05) is 54.6 Å². The van der Waals surface area contributed by atoms with Crippen molar-refractivity contribution in [1.82, 2.24) is 15.3 Å². The third-order valence-corrected chi connectivity index (χ3v) is 4.32. The quantitative estimate of drug-likeness (QED) is 0.644. The number of carbonyl (C=O) groups is 1. The van der Waals surface area contributed by atoms with Crippen LogP contribution in [0, 0.1) is 5.92 Å². The fourth-order valence-electron chi connectivity index (χ4n) is 2.92. The first-order valence-corrected chi connectivity index (χ1v) is 8.59. The first-order chi connectivity index (χ1) is 12.0. The lowest BCUT2D eigenvalue weighted by atomic mass is 10.0. The van der Waals surface area contributed by atoms with Crippen molar-refractivity contribution in [3.05, 3.63) is 66.0 Å². The molecule has 3 aromatic rings. The molecule has 0 saturated carbocycles. The Morgan fingerprint density at radius 3 is 2.48 bits per heavy atom. The van der Waals surface area contributed by atoms with Crippen LogP contribution in [-0.2, 0) is 4.79 Å². The Balaban J connectivity index is 1.72. The number of nitrogens with two attached hydrogens (primary N) is 1. The Bertz CT molecular complexity index is 808. The number of hydrogen-bond acceptors (Lipinski definition) is 3. The summed E-state index contributed by atoms with van der Waals surface area (Å²) in [5.74, 6) is 0.908. The molecule has 0 radical (unpaired) electrons. The number of nitrogens with one attached hydrogen (secondary N) is 2. The molecular formula is C20H24N4O. The fourth-order valence-corrected chi connectivity index (χ4v) is 2.92. The zero-order chi connectivity index (χ0) is 17.8. The van der Waals surface area contributed by atoms with E-state index in [9.17, 15) is 4.79 Å². The van der Waals surface area contributed by atoms with Crippen molar-refractivity contribution in [2.45, 2.75) is 32.4 Å². The summed E-state index contributed by atoms with van der Waals surface area (Å²) in [7, 11) is 0. The van der Waals surface area contributed by atoms with E-state index in [1.165, 1.54) is 0 Å². The summed E-state index contributed by atoms with van der Waals surface area (Å²) in [5, 5.41) is 3.08. The first-order valence-electron chi connectivity index (χ1n) is 8.59. The van der Waals surface area contributed by atoms with Crippen LogP contribution in [0.15, 0.2) is 54.6 Å². The van der Waals surface area contributed by atoms with Crippen LogP contribution in [0.5, 0.6) is 0 Å². The maximum Gasteiger partial charge on any atom is 0.222 e. The van der Waals surface area contributed by atoms with Gasteiger partial charge in [0.15, 0.2) is 0 Å². The molecule has 2 atom stereocenters. The number of fused-ring (bicyclic) bond motifs is 1. The van der Waals surface area contributed by atoms with Crippen molar-refractivity contribution >= 4 is 16.9 Å². The summed E-state index contributed by atoms with van der Waals surface area (Å²) in [6.07, 6.45) is 0.244. The number of carbonyl (C=O) groups excluding carboxylic acids is 1. The van der Waals surface area contributed by atoms with Gasteiger partial charge in [0, 0.05) is 12.5 Å². The molecule has 0 saturated heterocycles. The number of aromatic amines is 1. The number of rotatable bonds is 6. The maximum atomic E-state index is 12.5. The molecule has 1 aromatic heterocycles. The van der Waals surface area contributed by atoms with E-state index in [2.05, 4.69) is 29.1 Å². The van der Waals surface area contributed by atoms with Gasteiger partial charge in [-0.3, -0.25) is 4.79 Å². The minimum absolute atomic E-state index is 0.0736. The van der Waals surface area contributed by atoms with Crippen LogP contribution in [0.4, 0.5) is 0 Å². The molecule has 0 spiro atoms. The smallest absolute Gasteiger partial charge is 0.222 e. The van der Waals surface area contributed by atoms with Crippen LogP contribution in [0.25, 0.3) is 11.0 Å². The lowest BCUT2D eigenvalue weighted by molar-refractivity contribution is -0.122. The minimum Gasteiger partial charge on any atom is -0.346 e. The SMILES string of the molecule is CC(C)C(NC(=O)CC(N)c1ccccc1)c1nc2ccccc2[nH]1. The van der Waals surface area contributed by atoms with Gasteiger partial charge < -0.3 is 16.0 Å². The van der Waals surface area contributed by atoms with Gasteiger partial charge in [-0.15, -0.1) is 0 Å². The molecule has 0 bridgehead atoms. The second-order valence-corrected chi connectivity index (χ2v) is 6.65. The van der Waals surface area contributed by atoms with Gasteiger partial charge in [0.05, 0.1) is 17.1 Å². The third-order valence-electron chi connectivity index (χ3n) is 4.32. The molecule has 5 nitrogen and oxygen atoms in total. The molecule has 0 fully saturated rings. The monoisotopic (exact) mass is 336 g/mol. The highest BCUT2D eigenvalue weighted by atomic mass is 16.1. The van der Waals surface area contributed by atoms with Crippen LogP contribution >= 0.6 is 0 Å². The van der Waals surface area contributed by atoms with Gasteiger partial charge in [0.1, 0.15) is 5.82 Å². The molecule has 0 aliphatic rings. The van der Waals surface area contributed by atoms with E-state index in [0.29, 0.717) is 0 Å². The molecule has 1 heterocycles. The van der Waals surface area contributed by atoms with Crippen molar-refractivity contribution in [2.75, 3.05) is 0 Å². The standard InChI is InChI=1S/C20H24N4O/c1-13(2)19(20-22-16-10-6-7-11-17(16)23-20)24-18(25)12-15(21)14-8-4-3-5-9-14/h3-11,13,15,19H,12,21H2,1-2H3,(H,22,23)(H,24,25). The largest absolute Gasteiger partial charge is 0.346 e. The van der Waals surface area contributed by atoms with Gasteiger partial charge in [-0.2, -0.15) is 0 Å². The summed E-state index contributed by atoms with van der Waals surface area (Å²) in [6.45, 7) is 4.13. The number of imidazole rings is 1. The van der Waals surface area contributed by atoms with E-state index < -0.39 is 0 Å². The lowest BCUT2D eigenvalue weighted by Gasteiger charge is -2.21. The van der Waals surface area contributed by atoms with Crippen LogP contribution in [0.2, 0.25) is 0 Å². The van der Waals surface area contributed by atoms with Crippen molar-refractivity contribution in [3.8, 4) is 0 Å². The van der Waals surface area contributed by atoms with Gasteiger partial charge in [-0.05, 0) is 23.6 Å². The second kappa shape index (κ2) is 7.49. The number of aromatic nitrogens is 2. The van der Waals surface area contributed by atoms with Crippen LogP contribution in [0.1, 0.15) is 43.7 Å². The Labute approximate surface area is 147 Å². The zero-order valence-electron chi connectivity index (χ0n) is 14.6. The number of H-pyrrole nitrogens is 1. The number of para-hydroxylation sites is 2. The lowest BCUT2D eigenvalue weighted by Crippen LogP contribution is -2.34. The average Bonchev–Trinajstić information content (AvgIpc) is 3.03. The number of hydrogen-bond donors (Lipinski definition) is 3. The zero-order valence-corrected chi connectivity index (χ0v) is 14.6. The van der Waals surface area contributed by atoms with Crippen molar-refractivity contribution in [1.29, 1.82) is 0 Å². The molecule has 3 rings (SSSR count). The van der Waals surface area contributed by atoms with Gasteiger partial charge in [0.2, 0.25) is 5.91 Å². The van der Waals surface area contributed by atoms with E-state index in [1.54, 1.807) is 0 Å². The second-order valence-electron chi connectivity index (χ2n) is 6.65. The minimum atomic E-state index is -0.315. The van der Waals surface area contributed by atoms with E-state index in [-0.39, 0.29) is 30.3 Å². The maximum absolute atomic E-state index is 12.5. The molecule has 2 aromatic carbocycles. The van der Waals surface area contributed by atoms with Crippen molar-refractivity contribution in [3.63, 3.8) is 0 Å². The Morgan fingerprint density at radius 1 is 1.12 bits per heavy atom. The number of benzene rings is 2. The highest BCUT2D eigenvalue weighted by molar-refractivity contribution is 5.78. The average molecular weight is 336 g/mol. The fraction of sp³-hybridized carbons (Fsp3) is 0.300. The third kappa shape index (κ3) is 4.06. The Morgan fingerprint density at radius 2 is 1.80 bits per heavy atom. The van der Waals surface area contributed by atoms with Gasteiger partial charge in [-0.25, -0.2) is 4.98 Å². The topological polar surface area (TPSA) is 83.8 Å². The summed E-state index contributed by atoms with van der Waals surface area (Å²) in [4.78, 5) is 20.4. The highest BCUT2D eigenvalue weighted by Gasteiger charge is 2.23. The molecule has 130 valence electrons. The van der Waals surface area contributed by atoms with Gasteiger partial charge in [0.25, 0.3) is 0 Å². The summed E-state index contributed by atoms with van der Waals surface area (Å²) >= 11 is 0. The molecule has 0 aliphatic heterocycles. The first kappa shape index (κ1) is 17.2. The van der Waals surface area contributed by atoms with Crippen LogP contribution in [0.3, 0.4) is 0 Å². The van der Waals surface area contributed by atoms with Crippen LogP contribution in [-0.4, -0.2) is 15.9 Å². The Kier molecular flexibility index (Phi) is 5.14. The van der Waals surface area contributed by atoms with Gasteiger partial charge >= 0.3 is 0 Å². The van der Waals surface area contributed by atoms with Crippen LogP contribution < -0.4 is 11.1 Å². The summed E-state index contributed by atoms with van der Waals surface area (Å²) in [5.41, 5.74) is 9.00. The predicted octanol–water partition coefficient (Wildman–Crippen LogP) is 3.47. The van der Waals surface area contributed by atoms with Crippen molar-refractivity contribution < 1.29 is 4.79 Å². The van der Waals surface area contributed by atoms with E-state index in [0.717, 1.165) is 22.4 Å². The summed E-state index contributed by atoms with van der Waals surface area (Å²) < 4.78 is 0. The normalized spacial score (nSPS) is 13.8. The predicted molar refractivity (Wildman–Crippen MR) is 99.8 cm³/mol. The molecule has 25 heavy (non-hydrogen) atoms. The molecular weight excluding hydrogens is 312 g/mol. The Hall–Kier alpha value is -2.66. The highest BCUT2D eigenvalue weighted by Crippen LogP contribution is 2.23. The van der Waals surface area contributed by atoms with Gasteiger partial charge in [-0.1, -0.05) is 56.3 Å². The van der Waals surface area contributed by atoms with E-state index >= 15 is 0 Å². The molecule has 2 unspecified atom stereocenters. The summed E-state index contributed by atoms with van der Waals surface area (Å²) in [6, 6.07) is 17.0. The van der Waals surface area contributed by atoms with E-state index in [4.69, 9.17) is 5.73 Å². The molecule has 1 amide bonds. The molecule has 4 N–H and O–H groups in total.